The van der Waals surface area contributed by atoms with E-state index in [1.165, 1.54) is 4.88 Å². The molecule has 2 fully saturated rings. The third-order valence-corrected chi connectivity index (χ3v) is 7.21. The molecule has 0 spiro atoms. The van der Waals surface area contributed by atoms with Crippen LogP contribution >= 0.6 is 11.3 Å². The summed E-state index contributed by atoms with van der Waals surface area (Å²) in [5.41, 5.74) is 2.29. The summed E-state index contributed by atoms with van der Waals surface area (Å²) in [5, 5.41) is 2.01. The summed E-state index contributed by atoms with van der Waals surface area (Å²) < 4.78 is 7.20. The number of nitrogens with zero attached hydrogens (tertiary/aromatic N) is 2. The van der Waals surface area contributed by atoms with Crippen molar-refractivity contribution in [3.05, 3.63) is 45.4 Å². The van der Waals surface area contributed by atoms with Gasteiger partial charge in [0, 0.05) is 21.8 Å². The van der Waals surface area contributed by atoms with Gasteiger partial charge in [-0.05, 0) is 44.2 Å². The van der Waals surface area contributed by atoms with Crippen molar-refractivity contribution < 1.29 is 23.9 Å². The van der Waals surface area contributed by atoms with Crippen LogP contribution in [0.15, 0.2) is 23.6 Å². The van der Waals surface area contributed by atoms with Gasteiger partial charge in [-0.3, -0.25) is 24.1 Å². The number of fused-ring (bicyclic) bond motifs is 1. The quantitative estimate of drug-likeness (QED) is 0.374. The lowest BCUT2D eigenvalue weighted by Gasteiger charge is -2.19. The molecule has 1 aliphatic carbocycles. The predicted octanol–water partition coefficient (Wildman–Crippen LogP) is 3.12. The predicted molar refractivity (Wildman–Crippen MR) is 115 cm³/mol. The number of carbonyl (C=O) groups excluding carboxylic acids is 4. The molecule has 7 nitrogen and oxygen atoms in total. The van der Waals surface area contributed by atoms with Gasteiger partial charge in [-0.25, -0.2) is 0 Å². The Morgan fingerprint density at radius 1 is 1.13 bits per heavy atom. The Labute approximate surface area is 185 Å². The van der Waals surface area contributed by atoms with Crippen LogP contribution in [-0.2, 0) is 25.7 Å². The van der Waals surface area contributed by atoms with E-state index in [2.05, 4.69) is 4.57 Å². The minimum atomic E-state index is -0.735. The smallest absolute Gasteiger partial charge is 0.326 e. The van der Waals surface area contributed by atoms with Gasteiger partial charge in [0.15, 0.2) is 6.61 Å². The van der Waals surface area contributed by atoms with Gasteiger partial charge >= 0.3 is 5.97 Å². The molecule has 2 aromatic rings. The van der Waals surface area contributed by atoms with Gasteiger partial charge in [-0.1, -0.05) is 18.9 Å². The topological polar surface area (TPSA) is 85.7 Å². The number of aryl methyl sites for hydroxylation is 1. The van der Waals surface area contributed by atoms with Crippen molar-refractivity contribution in [3.8, 4) is 0 Å². The van der Waals surface area contributed by atoms with Crippen LogP contribution in [0.25, 0.3) is 0 Å². The molecular formula is C23H26N2O5S. The van der Waals surface area contributed by atoms with E-state index in [0.717, 1.165) is 29.1 Å². The molecule has 1 saturated heterocycles. The van der Waals surface area contributed by atoms with Gasteiger partial charge in [0.1, 0.15) is 6.54 Å². The molecule has 4 rings (SSSR count). The van der Waals surface area contributed by atoms with Crippen LogP contribution in [0.3, 0.4) is 0 Å². The third kappa shape index (κ3) is 4.21. The summed E-state index contributed by atoms with van der Waals surface area (Å²) in [5.74, 6) is -2.20. The first-order chi connectivity index (χ1) is 14.9. The lowest BCUT2D eigenvalue weighted by molar-refractivity contribution is -0.152. The van der Waals surface area contributed by atoms with E-state index in [0.29, 0.717) is 24.9 Å². The zero-order valence-electron chi connectivity index (χ0n) is 17.8. The monoisotopic (exact) mass is 442 g/mol. The summed E-state index contributed by atoms with van der Waals surface area (Å²) in [7, 11) is 0. The number of aromatic nitrogens is 1. The molecule has 0 radical (unpaired) electrons. The molecule has 0 aromatic carbocycles. The van der Waals surface area contributed by atoms with E-state index in [9.17, 15) is 19.2 Å². The molecule has 1 saturated carbocycles. The van der Waals surface area contributed by atoms with Crippen molar-refractivity contribution in [3.63, 3.8) is 0 Å². The second kappa shape index (κ2) is 8.78. The van der Waals surface area contributed by atoms with Crippen molar-refractivity contribution in [1.29, 1.82) is 0 Å². The molecule has 1 aliphatic heterocycles. The van der Waals surface area contributed by atoms with Crippen molar-refractivity contribution in [2.45, 2.75) is 46.1 Å². The zero-order valence-corrected chi connectivity index (χ0v) is 18.6. The van der Waals surface area contributed by atoms with Gasteiger partial charge in [-0.2, -0.15) is 0 Å². The lowest BCUT2D eigenvalue weighted by Crippen LogP contribution is -2.37. The number of Topliss-reactive ketones (excluding diaryl/α,β-unsaturated/α-hetero) is 1. The van der Waals surface area contributed by atoms with Crippen LogP contribution in [0.5, 0.6) is 0 Å². The van der Waals surface area contributed by atoms with Gasteiger partial charge in [-0.15, -0.1) is 11.3 Å². The number of hydrogen-bond acceptors (Lipinski definition) is 6. The number of thiophene rings is 1. The molecule has 3 heterocycles. The third-order valence-electron chi connectivity index (χ3n) is 6.35. The Morgan fingerprint density at radius 2 is 1.81 bits per heavy atom. The molecular weight excluding hydrogens is 416 g/mol. The van der Waals surface area contributed by atoms with Crippen LogP contribution < -0.4 is 0 Å². The molecule has 2 aromatic heterocycles. The number of hydrogen-bond donors (Lipinski definition) is 0. The van der Waals surface area contributed by atoms with Crippen molar-refractivity contribution in [2.24, 2.45) is 11.8 Å². The Balaban J connectivity index is 1.35. The Hall–Kier alpha value is -2.74. The fourth-order valence-electron chi connectivity index (χ4n) is 4.67. The normalized spacial score (nSPS) is 20.8. The number of ketones is 1. The maximum atomic E-state index is 12.7. The minimum absolute atomic E-state index is 0.282. The second-order valence-corrected chi connectivity index (χ2v) is 9.33. The molecule has 0 N–H and O–H groups in total. The average Bonchev–Trinajstić information content (AvgIpc) is 3.44. The highest BCUT2D eigenvalue weighted by molar-refractivity contribution is 7.09. The molecule has 8 heteroatoms. The van der Waals surface area contributed by atoms with Crippen molar-refractivity contribution in [2.75, 3.05) is 13.2 Å². The number of imide groups is 1. The summed E-state index contributed by atoms with van der Waals surface area (Å²) in [4.78, 5) is 52.1. The fraction of sp³-hybridized carbons (Fsp3) is 0.478. The van der Waals surface area contributed by atoms with Gasteiger partial charge < -0.3 is 9.30 Å². The molecule has 31 heavy (non-hydrogen) atoms. The highest BCUT2D eigenvalue weighted by Gasteiger charge is 2.48. The van der Waals surface area contributed by atoms with E-state index in [-0.39, 0.29) is 29.4 Å². The molecule has 2 amide bonds. The first-order valence-electron chi connectivity index (χ1n) is 10.6. The highest BCUT2D eigenvalue weighted by Crippen LogP contribution is 2.37. The largest absolute Gasteiger partial charge is 0.456 e. The second-order valence-electron chi connectivity index (χ2n) is 8.29. The van der Waals surface area contributed by atoms with E-state index < -0.39 is 19.1 Å². The number of ether oxygens (including phenoxy) is 1. The van der Waals surface area contributed by atoms with Crippen LogP contribution in [0.4, 0.5) is 0 Å². The fourth-order valence-corrected chi connectivity index (χ4v) is 5.36. The van der Waals surface area contributed by atoms with Crippen LogP contribution in [0.2, 0.25) is 0 Å². The Kier molecular flexibility index (Phi) is 6.09. The Morgan fingerprint density at radius 3 is 2.42 bits per heavy atom. The minimum Gasteiger partial charge on any atom is -0.456 e. The van der Waals surface area contributed by atoms with Gasteiger partial charge in [0.25, 0.3) is 0 Å². The molecule has 164 valence electrons. The summed E-state index contributed by atoms with van der Waals surface area (Å²) in [6.45, 7) is 3.66. The van der Waals surface area contributed by atoms with E-state index in [1.54, 1.807) is 17.4 Å². The first kappa shape index (κ1) is 21.5. The van der Waals surface area contributed by atoms with Crippen molar-refractivity contribution >= 4 is 34.9 Å². The molecule has 2 atom stereocenters. The maximum absolute atomic E-state index is 12.7. The number of esters is 1. The highest BCUT2D eigenvalue weighted by atomic mass is 32.1. The van der Waals surface area contributed by atoms with E-state index >= 15 is 0 Å². The van der Waals surface area contributed by atoms with Crippen LogP contribution in [-0.4, -0.2) is 46.2 Å². The van der Waals surface area contributed by atoms with Crippen LogP contribution in [0.1, 0.15) is 52.3 Å². The summed E-state index contributed by atoms with van der Waals surface area (Å²) >= 11 is 1.65. The van der Waals surface area contributed by atoms with Crippen molar-refractivity contribution in [1.82, 2.24) is 9.47 Å². The molecule has 0 bridgehead atoms. The number of rotatable bonds is 7. The first-order valence-corrected chi connectivity index (χ1v) is 11.5. The van der Waals surface area contributed by atoms with Gasteiger partial charge in [0.2, 0.25) is 17.6 Å². The Bertz CT molecular complexity index is 999. The molecule has 0 unspecified atom stereocenters. The number of likely N-dealkylation sites (tertiary alicyclic amines) is 1. The number of carbonyl (C=O) groups is 4. The summed E-state index contributed by atoms with van der Waals surface area (Å²) in [6.07, 6.45) is 3.25. The maximum Gasteiger partial charge on any atom is 0.326 e. The zero-order chi connectivity index (χ0) is 22.1. The van der Waals surface area contributed by atoms with E-state index in [1.807, 2.05) is 31.4 Å². The summed E-state index contributed by atoms with van der Waals surface area (Å²) in [6, 6.07) is 5.84. The SMILES string of the molecule is Cc1cc(C(=O)COC(=O)CN2C(=O)[C@@H]3CCCC[C@H]3C2=O)c(C)n1Cc1cccs1. The number of amides is 2. The lowest BCUT2D eigenvalue weighted by atomic mass is 9.81. The van der Waals surface area contributed by atoms with E-state index in [4.69, 9.17) is 4.74 Å². The molecule has 2 aliphatic rings. The average molecular weight is 443 g/mol. The van der Waals surface area contributed by atoms with Crippen LogP contribution in [0, 0.1) is 25.7 Å². The van der Waals surface area contributed by atoms with Gasteiger partial charge in [0.05, 0.1) is 18.4 Å². The standard InChI is InChI=1S/C23H26N2O5S/c1-14-10-19(15(2)24(14)11-16-6-5-9-31-16)20(26)13-30-21(27)12-25-22(28)17-7-3-4-8-18(17)23(25)29/h5-6,9-10,17-18H,3-4,7-8,11-13H2,1-2H3/t17-,18-/m1/s1.